The van der Waals surface area contributed by atoms with E-state index < -0.39 is 0 Å². The normalized spacial score (nSPS) is 14.5. The van der Waals surface area contributed by atoms with Crippen molar-refractivity contribution in [3.8, 4) is 11.3 Å². The topological polar surface area (TPSA) is 69.9 Å². The molecule has 2 heterocycles. The number of piperazine rings is 1. The van der Waals surface area contributed by atoms with Gasteiger partial charge in [0.05, 0.1) is 5.02 Å². The van der Waals surface area contributed by atoms with Crippen LogP contribution < -0.4 is 0 Å². The van der Waals surface area contributed by atoms with Gasteiger partial charge in [-0.25, -0.2) is 4.79 Å². The van der Waals surface area contributed by atoms with E-state index in [4.69, 9.17) is 16.1 Å². The minimum atomic E-state index is -0.157. The van der Waals surface area contributed by atoms with Crippen LogP contribution in [-0.2, 0) is 0 Å². The van der Waals surface area contributed by atoms with Crippen LogP contribution in [0, 0.1) is 6.92 Å². The number of carbonyl (C=O) groups excluding carboxylic acids is 2. The molecule has 3 amide bonds. The third-order valence-corrected chi connectivity index (χ3v) is 4.76. The SMILES string of the molecule is Cc1onc(-c2ccccc2Cl)c1C(=O)N1CCN(C(=O)N(C)C)CC1. The summed E-state index contributed by atoms with van der Waals surface area (Å²) in [5, 5.41) is 4.56. The first kappa shape index (κ1) is 18.3. The number of rotatable bonds is 2. The Morgan fingerprint density at radius 3 is 2.35 bits per heavy atom. The molecule has 1 aliphatic rings. The van der Waals surface area contributed by atoms with Crippen molar-refractivity contribution in [2.45, 2.75) is 6.92 Å². The predicted octanol–water partition coefficient (Wildman–Crippen LogP) is 2.74. The van der Waals surface area contributed by atoms with Crippen LogP contribution in [0.1, 0.15) is 16.1 Å². The van der Waals surface area contributed by atoms with Crippen LogP contribution in [0.3, 0.4) is 0 Å². The Hall–Kier alpha value is -2.54. The average Bonchev–Trinajstić information content (AvgIpc) is 3.02. The van der Waals surface area contributed by atoms with E-state index in [2.05, 4.69) is 5.16 Å². The highest BCUT2D eigenvalue weighted by atomic mass is 35.5. The van der Waals surface area contributed by atoms with E-state index in [1.165, 1.54) is 4.90 Å². The molecule has 1 aromatic carbocycles. The number of benzene rings is 1. The fourth-order valence-electron chi connectivity index (χ4n) is 3.00. The van der Waals surface area contributed by atoms with Gasteiger partial charge in [-0.1, -0.05) is 35.0 Å². The Kier molecular flexibility index (Phi) is 5.18. The zero-order valence-corrected chi connectivity index (χ0v) is 15.8. The summed E-state index contributed by atoms with van der Waals surface area (Å²) in [5.41, 5.74) is 1.53. The van der Waals surface area contributed by atoms with Crippen molar-refractivity contribution in [3.05, 3.63) is 40.6 Å². The highest BCUT2D eigenvalue weighted by Crippen LogP contribution is 2.31. The summed E-state index contributed by atoms with van der Waals surface area (Å²) >= 11 is 6.26. The molecule has 0 saturated carbocycles. The molecule has 1 aromatic heterocycles. The average molecular weight is 377 g/mol. The standard InChI is InChI=1S/C18H21ClN4O3/c1-12-15(16(20-26-12)13-6-4-5-7-14(13)19)17(24)22-8-10-23(11-9-22)18(25)21(2)3/h4-7H,8-11H2,1-3H3. The van der Waals surface area contributed by atoms with E-state index in [1.807, 2.05) is 18.2 Å². The Morgan fingerprint density at radius 2 is 1.73 bits per heavy atom. The quantitative estimate of drug-likeness (QED) is 0.808. The lowest BCUT2D eigenvalue weighted by Crippen LogP contribution is -2.53. The zero-order valence-electron chi connectivity index (χ0n) is 15.0. The van der Waals surface area contributed by atoms with Crippen LogP contribution in [0.2, 0.25) is 5.02 Å². The third-order valence-electron chi connectivity index (χ3n) is 4.43. The molecule has 7 nitrogen and oxygen atoms in total. The maximum absolute atomic E-state index is 13.1. The van der Waals surface area contributed by atoms with E-state index in [9.17, 15) is 9.59 Å². The van der Waals surface area contributed by atoms with E-state index in [1.54, 1.807) is 36.9 Å². The Morgan fingerprint density at radius 1 is 1.12 bits per heavy atom. The first-order chi connectivity index (χ1) is 12.4. The summed E-state index contributed by atoms with van der Waals surface area (Å²) in [5.74, 6) is 0.298. The van der Waals surface area contributed by atoms with E-state index in [-0.39, 0.29) is 11.9 Å². The summed E-state index contributed by atoms with van der Waals surface area (Å²) in [6.07, 6.45) is 0. The molecule has 2 aromatic rings. The Labute approximate surface area is 157 Å². The van der Waals surface area contributed by atoms with Gasteiger partial charge in [0.25, 0.3) is 5.91 Å². The summed E-state index contributed by atoms with van der Waals surface area (Å²) in [7, 11) is 3.44. The number of halogens is 1. The van der Waals surface area contributed by atoms with Crippen molar-refractivity contribution in [3.63, 3.8) is 0 Å². The summed E-state index contributed by atoms with van der Waals surface area (Å²) in [4.78, 5) is 30.1. The van der Waals surface area contributed by atoms with Gasteiger partial charge >= 0.3 is 6.03 Å². The molecule has 0 aliphatic carbocycles. The predicted molar refractivity (Wildman–Crippen MR) is 98.2 cm³/mol. The number of aromatic nitrogens is 1. The lowest BCUT2D eigenvalue weighted by molar-refractivity contribution is 0.0649. The van der Waals surface area contributed by atoms with Gasteiger partial charge in [0.2, 0.25) is 0 Å². The zero-order chi connectivity index (χ0) is 18.8. The van der Waals surface area contributed by atoms with Crippen molar-refractivity contribution < 1.29 is 14.1 Å². The number of hydrogen-bond donors (Lipinski definition) is 0. The molecule has 0 unspecified atom stereocenters. The van der Waals surface area contributed by atoms with Crippen LogP contribution in [0.5, 0.6) is 0 Å². The molecule has 1 fully saturated rings. The minimum absolute atomic E-state index is 0.0463. The fraction of sp³-hybridized carbons (Fsp3) is 0.389. The minimum Gasteiger partial charge on any atom is -0.360 e. The molecule has 1 saturated heterocycles. The second-order valence-electron chi connectivity index (χ2n) is 6.40. The Balaban J connectivity index is 1.81. The first-order valence-corrected chi connectivity index (χ1v) is 8.74. The number of hydrogen-bond acceptors (Lipinski definition) is 4. The van der Waals surface area contributed by atoms with Gasteiger partial charge in [-0.2, -0.15) is 0 Å². The van der Waals surface area contributed by atoms with Gasteiger partial charge in [-0.05, 0) is 13.0 Å². The number of aryl methyl sites for hydroxylation is 1. The van der Waals surface area contributed by atoms with Gasteiger partial charge in [0.15, 0.2) is 0 Å². The molecular weight excluding hydrogens is 356 g/mol. The molecule has 1 aliphatic heterocycles. The number of urea groups is 1. The van der Waals surface area contributed by atoms with Crippen LogP contribution in [-0.4, -0.2) is 72.1 Å². The van der Waals surface area contributed by atoms with Gasteiger partial charge in [0, 0.05) is 45.8 Å². The molecule has 0 N–H and O–H groups in total. The molecular formula is C18H21ClN4O3. The van der Waals surface area contributed by atoms with Crippen molar-refractivity contribution in [2.75, 3.05) is 40.3 Å². The van der Waals surface area contributed by atoms with Gasteiger partial charge in [-0.15, -0.1) is 0 Å². The molecule has 0 radical (unpaired) electrons. The first-order valence-electron chi connectivity index (χ1n) is 8.37. The summed E-state index contributed by atoms with van der Waals surface area (Å²) in [6, 6.07) is 7.17. The number of nitrogens with zero attached hydrogens (tertiary/aromatic N) is 4. The highest BCUT2D eigenvalue weighted by molar-refractivity contribution is 6.33. The van der Waals surface area contributed by atoms with Crippen molar-refractivity contribution >= 4 is 23.5 Å². The molecule has 0 spiro atoms. The monoisotopic (exact) mass is 376 g/mol. The molecule has 3 rings (SSSR count). The van der Waals surface area contributed by atoms with Crippen LogP contribution >= 0.6 is 11.6 Å². The molecule has 26 heavy (non-hydrogen) atoms. The van der Waals surface area contributed by atoms with Crippen molar-refractivity contribution in [1.29, 1.82) is 0 Å². The fourth-order valence-corrected chi connectivity index (χ4v) is 3.23. The van der Waals surface area contributed by atoms with Gasteiger partial charge < -0.3 is 19.2 Å². The molecule has 138 valence electrons. The number of amides is 3. The van der Waals surface area contributed by atoms with E-state index in [0.29, 0.717) is 53.8 Å². The van der Waals surface area contributed by atoms with Crippen molar-refractivity contribution in [1.82, 2.24) is 19.9 Å². The van der Waals surface area contributed by atoms with Crippen LogP contribution in [0.15, 0.2) is 28.8 Å². The Bertz CT molecular complexity index is 826. The van der Waals surface area contributed by atoms with Crippen LogP contribution in [0.4, 0.5) is 4.79 Å². The summed E-state index contributed by atoms with van der Waals surface area (Å²) in [6.45, 7) is 3.63. The third kappa shape index (κ3) is 3.39. The lowest BCUT2D eigenvalue weighted by Gasteiger charge is -2.35. The largest absolute Gasteiger partial charge is 0.360 e. The lowest BCUT2D eigenvalue weighted by atomic mass is 10.0. The van der Waals surface area contributed by atoms with Crippen molar-refractivity contribution in [2.24, 2.45) is 0 Å². The second-order valence-corrected chi connectivity index (χ2v) is 6.81. The summed E-state index contributed by atoms with van der Waals surface area (Å²) < 4.78 is 5.28. The smallest absolute Gasteiger partial charge is 0.319 e. The molecule has 0 bridgehead atoms. The van der Waals surface area contributed by atoms with E-state index >= 15 is 0 Å². The van der Waals surface area contributed by atoms with Crippen LogP contribution in [0.25, 0.3) is 11.3 Å². The van der Waals surface area contributed by atoms with E-state index in [0.717, 1.165) is 0 Å². The highest BCUT2D eigenvalue weighted by Gasteiger charge is 2.30. The van der Waals surface area contributed by atoms with Gasteiger partial charge in [-0.3, -0.25) is 4.79 Å². The maximum atomic E-state index is 13.1. The maximum Gasteiger partial charge on any atom is 0.319 e. The number of carbonyl (C=O) groups is 2. The molecule has 8 heteroatoms. The molecule has 0 atom stereocenters. The van der Waals surface area contributed by atoms with Gasteiger partial charge in [0.1, 0.15) is 17.0 Å². The second kappa shape index (κ2) is 7.37.